The van der Waals surface area contributed by atoms with E-state index in [4.69, 9.17) is 4.74 Å². The zero-order valence-corrected chi connectivity index (χ0v) is 21.1. The van der Waals surface area contributed by atoms with Crippen LogP contribution in [0.2, 0.25) is 0 Å². The maximum absolute atomic E-state index is 12.8. The van der Waals surface area contributed by atoms with Crippen molar-refractivity contribution < 1.29 is 52.6 Å². The summed E-state index contributed by atoms with van der Waals surface area (Å²) in [6, 6.07) is 14.2. The molecule has 1 heterocycles. The molecule has 7 nitrogen and oxygen atoms in total. The molecule has 0 bridgehead atoms. The van der Waals surface area contributed by atoms with E-state index in [0.717, 1.165) is 11.1 Å². The van der Waals surface area contributed by atoms with Gasteiger partial charge in [-0.15, -0.1) is 0 Å². The number of sulfonamides is 1. The Labute approximate surface area is 206 Å². The molecule has 2 aromatic rings. The standard InChI is InChI=1S/C22H28N2O5S.Na/c1-17(2)18-8-9-21(29-16-22(25)26)19(14-18)15-23-10-12-24(13-11-23)30(27,28)20-6-4-3-5-7-20;/h3-9,14,17H,10-13,15-16H2,1-2H3,(H,25,26);/q;+1/p-1. The summed E-state index contributed by atoms with van der Waals surface area (Å²) in [5, 5.41) is 10.8. The van der Waals surface area contributed by atoms with Gasteiger partial charge in [-0.3, -0.25) is 4.90 Å². The zero-order valence-electron chi connectivity index (χ0n) is 18.3. The predicted molar refractivity (Wildman–Crippen MR) is 112 cm³/mol. The summed E-state index contributed by atoms with van der Waals surface area (Å²) in [6.45, 7) is 6.20. The van der Waals surface area contributed by atoms with Crippen LogP contribution in [0.1, 0.15) is 30.9 Å². The summed E-state index contributed by atoms with van der Waals surface area (Å²) in [5.74, 6) is -0.427. The Morgan fingerprint density at radius 3 is 2.29 bits per heavy atom. The Morgan fingerprint density at radius 2 is 1.71 bits per heavy atom. The molecular formula is C22H27N2NaO5S. The molecule has 162 valence electrons. The Morgan fingerprint density at radius 1 is 1.06 bits per heavy atom. The summed E-state index contributed by atoms with van der Waals surface area (Å²) in [4.78, 5) is 13.2. The number of carboxylic acids is 1. The average molecular weight is 455 g/mol. The Hall–Kier alpha value is -1.42. The fourth-order valence-electron chi connectivity index (χ4n) is 3.47. The molecule has 0 radical (unpaired) electrons. The van der Waals surface area contributed by atoms with Gasteiger partial charge in [0.05, 0.1) is 10.9 Å². The smallest absolute Gasteiger partial charge is 0.546 e. The summed E-state index contributed by atoms with van der Waals surface area (Å²) in [6.07, 6.45) is 0. The molecule has 0 spiro atoms. The second-order valence-corrected chi connectivity index (χ2v) is 9.61. The first-order valence-electron chi connectivity index (χ1n) is 10.0. The molecule has 31 heavy (non-hydrogen) atoms. The fourth-order valence-corrected chi connectivity index (χ4v) is 4.91. The van der Waals surface area contributed by atoms with Gasteiger partial charge in [-0.05, 0) is 29.7 Å². The van der Waals surface area contributed by atoms with Gasteiger partial charge in [-0.25, -0.2) is 8.42 Å². The number of nitrogens with zero attached hydrogens (tertiary/aromatic N) is 2. The quantitative estimate of drug-likeness (QED) is 0.449. The van der Waals surface area contributed by atoms with Gasteiger partial charge in [0.15, 0.2) is 0 Å². The van der Waals surface area contributed by atoms with Crippen molar-refractivity contribution in [3.8, 4) is 5.75 Å². The van der Waals surface area contributed by atoms with Crippen LogP contribution in [0.4, 0.5) is 0 Å². The molecule has 1 fully saturated rings. The molecule has 0 saturated carbocycles. The Balaban J connectivity index is 0.00000341. The first-order valence-corrected chi connectivity index (χ1v) is 11.4. The second-order valence-electron chi connectivity index (χ2n) is 7.68. The molecule has 0 atom stereocenters. The number of carbonyl (C=O) groups excluding carboxylic acids is 1. The van der Waals surface area contributed by atoms with Gasteiger partial charge in [0, 0.05) is 38.3 Å². The third-order valence-electron chi connectivity index (χ3n) is 5.20. The van der Waals surface area contributed by atoms with Crippen LogP contribution in [0.25, 0.3) is 0 Å². The molecule has 0 amide bonds. The fraction of sp³-hybridized carbons (Fsp3) is 0.409. The van der Waals surface area contributed by atoms with Crippen LogP contribution in [0.3, 0.4) is 0 Å². The van der Waals surface area contributed by atoms with E-state index in [-0.39, 0.29) is 29.6 Å². The molecule has 0 unspecified atom stereocenters. The van der Waals surface area contributed by atoms with Crippen molar-refractivity contribution in [3.63, 3.8) is 0 Å². The number of hydrogen-bond donors (Lipinski definition) is 0. The van der Waals surface area contributed by atoms with Crippen LogP contribution in [-0.4, -0.2) is 56.4 Å². The van der Waals surface area contributed by atoms with Crippen molar-refractivity contribution in [1.29, 1.82) is 0 Å². The minimum atomic E-state index is -3.49. The van der Waals surface area contributed by atoms with E-state index in [1.165, 1.54) is 4.31 Å². The van der Waals surface area contributed by atoms with Crippen LogP contribution in [-0.2, 0) is 21.4 Å². The monoisotopic (exact) mass is 454 g/mol. The van der Waals surface area contributed by atoms with Crippen molar-refractivity contribution >= 4 is 16.0 Å². The molecule has 9 heteroatoms. The second kappa shape index (κ2) is 11.4. The Kier molecular flexibility index (Phi) is 9.54. The summed E-state index contributed by atoms with van der Waals surface area (Å²) >= 11 is 0. The third-order valence-corrected chi connectivity index (χ3v) is 7.12. The molecule has 2 aromatic carbocycles. The van der Waals surface area contributed by atoms with E-state index in [9.17, 15) is 18.3 Å². The number of carbonyl (C=O) groups is 1. The van der Waals surface area contributed by atoms with Crippen LogP contribution in [0.15, 0.2) is 53.4 Å². The first kappa shape index (κ1) is 25.8. The minimum Gasteiger partial charge on any atom is -0.546 e. The normalized spacial score (nSPS) is 15.5. The number of piperazine rings is 1. The molecule has 1 saturated heterocycles. The van der Waals surface area contributed by atoms with Crippen LogP contribution in [0, 0.1) is 0 Å². The van der Waals surface area contributed by atoms with Gasteiger partial charge >= 0.3 is 29.6 Å². The maximum Gasteiger partial charge on any atom is 1.00 e. The largest absolute Gasteiger partial charge is 1.00 e. The molecule has 0 aromatic heterocycles. The van der Waals surface area contributed by atoms with Crippen molar-refractivity contribution in [2.45, 2.75) is 31.2 Å². The molecule has 0 aliphatic carbocycles. The van der Waals surface area contributed by atoms with Gasteiger partial charge in [0.1, 0.15) is 12.4 Å². The average Bonchev–Trinajstić information content (AvgIpc) is 2.73. The van der Waals surface area contributed by atoms with Crippen LogP contribution >= 0.6 is 0 Å². The predicted octanol–water partition coefficient (Wildman–Crippen LogP) is -1.55. The molecule has 3 rings (SSSR count). The number of ether oxygens (including phenoxy) is 1. The number of aliphatic carboxylic acids is 1. The van der Waals surface area contributed by atoms with E-state index in [2.05, 4.69) is 18.7 Å². The molecule has 0 N–H and O–H groups in total. The van der Waals surface area contributed by atoms with Crippen molar-refractivity contribution in [2.24, 2.45) is 0 Å². The molecule has 1 aliphatic rings. The number of hydrogen-bond acceptors (Lipinski definition) is 6. The van der Waals surface area contributed by atoms with Crippen molar-refractivity contribution in [3.05, 3.63) is 59.7 Å². The van der Waals surface area contributed by atoms with Gasteiger partial charge in [-0.1, -0.05) is 44.2 Å². The maximum atomic E-state index is 12.8. The van der Waals surface area contributed by atoms with Gasteiger partial charge in [0.25, 0.3) is 0 Å². The zero-order chi connectivity index (χ0) is 21.7. The number of rotatable bonds is 8. The van der Waals surface area contributed by atoms with Gasteiger partial charge in [-0.2, -0.15) is 4.31 Å². The third kappa shape index (κ3) is 6.78. The minimum absolute atomic E-state index is 0. The number of carboxylic acid groups (broad SMARTS) is 1. The summed E-state index contributed by atoms with van der Waals surface area (Å²) in [7, 11) is -3.49. The van der Waals surface area contributed by atoms with E-state index < -0.39 is 22.6 Å². The van der Waals surface area contributed by atoms with Crippen LogP contribution in [0.5, 0.6) is 5.75 Å². The van der Waals surface area contributed by atoms with Gasteiger partial charge < -0.3 is 14.6 Å². The van der Waals surface area contributed by atoms with E-state index in [0.29, 0.717) is 49.3 Å². The topological polar surface area (TPSA) is 90.0 Å². The number of benzene rings is 2. The van der Waals surface area contributed by atoms with E-state index >= 15 is 0 Å². The van der Waals surface area contributed by atoms with E-state index in [1.54, 1.807) is 36.4 Å². The first-order chi connectivity index (χ1) is 14.3. The van der Waals surface area contributed by atoms with Crippen LogP contribution < -0.4 is 39.4 Å². The summed E-state index contributed by atoms with van der Waals surface area (Å²) < 4.78 is 32.5. The molecule has 1 aliphatic heterocycles. The SMILES string of the molecule is CC(C)c1ccc(OCC(=O)[O-])c(CN2CCN(S(=O)(=O)c3ccccc3)CC2)c1.[Na+]. The summed E-state index contributed by atoms with van der Waals surface area (Å²) in [5.41, 5.74) is 2.03. The van der Waals surface area contributed by atoms with Gasteiger partial charge in [0.2, 0.25) is 10.0 Å². The van der Waals surface area contributed by atoms with Crippen molar-refractivity contribution in [1.82, 2.24) is 9.21 Å². The van der Waals surface area contributed by atoms with Crippen molar-refractivity contribution in [2.75, 3.05) is 32.8 Å². The van der Waals surface area contributed by atoms with E-state index in [1.807, 2.05) is 12.1 Å². The Bertz CT molecular complexity index is 975. The molecular weight excluding hydrogens is 427 g/mol.